The molecule has 7 heteroatoms. The van der Waals surface area contributed by atoms with Crippen molar-refractivity contribution in [1.82, 2.24) is 15.0 Å². The molecular weight excluding hydrogens is 369 g/mol. The van der Waals surface area contributed by atoms with Gasteiger partial charge in [0.1, 0.15) is 11.5 Å². The minimum atomic E-state index is -0.534. The van der Waals surface area contributed by atoms with Crippen LogP contribution >= 0.6 is 0 Å². The zero-order valence-corrected chi connectivity index (χ0v) is 15.9. The molecule has 0 spiro atoms. The molecule has 4 N–H and O–H groups in total. The molecule has 6 nitrogen and oxygen atoms in total. The van der Waals surface area contributed by atoms with E-state index in [0.717, 1.165) is 27.7 Å². The summed E-state index contributed by atoms with van der Waals surface area (Å²) in [5.41, 5.74) is 9.84. The molecule has 1 amide bonds. The molecule has 1 aromatic carbocycles. The predicted octanol–water partition coefficient (Wildman–Crippen LogP) is 3.71. The molecule has 0 radical (unpaired) electrons. The van der Waals surface area contributed by atoms with Gasteiger partial charge in [-0.2, -0.15) is 4.39 Å². The number of hydrogen-bond acceptors (Lipinski definition) is 4. The summed E-state index contributed by atoms with van der Waals surface area (Å²) in [4.78, 5) is 23.0. The number of carbonyl (C=O) groups excluding carboxylic acids is 1. The van der Waals surface area contributed by atoms with Gasteiger partial charge in [-0.05, 0) is 41.8 Å². The van der Waals surface area contributed by atoms with Crippen molar-refractivity contribution >= 4 is 22.8 Å². The highest BCUT2D eigenvalue weighted by Gasteiger charge is 2.12. The van der Waals surface area contributed by atoms with Crippen molar-refractivity contribution in [2.45, 2.75) is 19.9 Å². The highest BCUT2D eigenvalue weighted by molar-refractivity contribution is 5.94. The summed E-state index contributed by atoms with van der Waals surface area (Å²) in [5, 5.41) is 4.03. The van der Waals surface area contributed by atoms with Crippen molar-refractivity contribution in [2.24, 2.45) is 5.73 Å². The Labute approximate surface area is 167 Å². The van der Waals surface area contributed by atoms with Crippen molar-refractivity contribution in [3.05, 3.63) is 88.6 Å². The molecule has 0 saturated heterocycles. The van der Waals surface area contributed by atoms with Crippen LogP contribution in [-0.2, 0) is 13.0 Å². The predicted molar refractivity (Wildman–Crippen MR) is 110 cm³/mol. The number of benzene rings is 1. The number of amides is 1. The number of nitrogens with zero attached hydrogens (tertiary/aromatic N) is 2. The molecule has 0 aliphatic carbocycles. The van der Waals surface area contributed by atoms with Crippen LogP contribution < -0.4 is 11.1 Å². The fourth-order valence-corrected chi connectivity index (χ4v) is 3.31. The van der Waals surface area contributed by atoms with Gasteiger partial charge in [0.05, 0.1) is 0 Å². The van der Waals surface area contributed by atoms with Gasteiger partial charge in [0, 0.05) is 41.9 Å². The third kappa shape index (κ3) is 3.94. The number of rotatable bonds is 6. The first kappa shape index (κ1) is 18.6. The molecule has 0 fully saturated rings. The number of nitrogens with two attached hydrogens (primary N) is 1. The number of aromatic nitrogens is 3. The smallest absolute Gasteiger partial charge is 0.249 e. The molecule has 0 unspecified atom stereocenters. The van der Waals surface area contributed by atoms with Gasteiger partial charge in [-0.1, -0.05) is 24.3 Å². The van der Waals surface area contributed by atoms with E-state index in [4.69, 9.17) is 5.73 Å². The van der Waals surface area contributed by atoms with Crippen LogP contribution in [0.15, 0.2) is 54.9 Å². The number of aromatic amines is 1. The highest BCUT2D eigenvalue weighted by Crippen LogP contribution is 2.22. The Balaban J connectivity index is 1.51. The summed E-state index contributed by atoms with van der Waals surface area (Å²) in [5.74, 6) is -0.643. The van der Waals surface area contributed by atoms with Crippen LogP contribution in [-0.4, -0.2) is 20.9 Å². The van der Waals surface area contributed by atoms with Gasteiger partial charge in [0.25, 0.3) is 0 Å². The van der Waals surface area contributed by atoms with Gasteiger partial charge < -0.3 is 16.0 Å². The molecule has 0 atom stereocenters. The monoisotopic (exact) mass is 389 g/mol. The first-order chi connectivity index (χ1) is 14.0. The lowest BCUT2D eigenvalue weighted by atomic mass is 10.1. The minimum Gasteiger partial charge on any atom is -0.366 e. The van der Waals surface area contributed by atoms with Crippen LogP contribution in [0, 0.1) is 12.9 Å². The molecule has 146 valence electrons. The second kappa shape index (κ2) is 7.71. The van der Waals surface area contributed by atoms with Crippen molar-refractivity contribution < 1.29 is 9.18 Å². The second-order valence-electron chi connectivity index (χ2n) is 6.92. The normalized spacial score (nSPS) is 11.0. The topological polar surface area (TPSA) is 96.7 Å². The highest BCUT2D eigenvalue weighted by atomic mass is 19.1. The molecule has 0 bridgehead atoms. The number of H-pyrrole nitrogens is 1. The van der Waals surface area contributed by atoms with Crippen molar-refractivity contribution in [1.29, 1.82) is 0 Å². The van der Waals surface area contributed by atoms with Crippen molar-refractivity contribution in [3.63, 3.8) is 0 Å². The molecule has 29 heavy (non-hydrogen) atoms. The van der Waals surface area contributed by atoms with E-state index in [9.17, 15) is 9.18 Å². The Hall–Kier alpha value is -3.74. The van der Waals surface area contributed by atoms with E-state index in [2.05, 4.69) is 20.3 Å². The van der Waals surface area contributed by atoms with E-state index in [1.54, 1.807) is 36.5 Å². The van der Waals surface area contributed by atoms with Crippen LogP contribution in [0.3, 0.4) is 0 Å². The van der Waals surface area contributed by atoms with Gasteiger partial charge in [0.15, 0.2) is 0 Å². The Morgan fingerprint density at radius 3 is 2.79 bits per heavy atom. The second-order valence-corrected chi connectivity index (χ2v) is 6.92. The van der Waals surface area contributed by atoms with Crippen molar-refractivity contribution in [2.75, 3.05) is 5.32 Å². The first-order valence-electron chi connectivity index (χ1n) is 9.21. The summed E-state index contributed by atoms with van der Waals surface area (Å²) in [6, 6.07) is 12.5. The number of hydrogen-bond donors (Lipinski definition) is 3. The van der Waals surface area contributed by atoms with Gasteiger partial charge in [-0.3, -0.25) is 4.79 Å². The summed E-state index contributed by atoms with van der Waals surface area (Å²) in [7, 11) is 0. The molecule has 0 aliphatic heterocycles. The average Bonchev–Trinajstić information content (AvgIpc) is 3.10. The number of nitrogens with one attached hydrogen (secondary N) is 2. The fraction of sp³-hybridized carbons (Fsp3) is 0.136. The van der Waals surface area contributed by atoms with Crippen LogP contribution in [0.25, 0.3) is 11.0 Å². The molecule has 0 aliphatic rings. The lowest BCUT2D eigenvalue weighted by Gasteiger charge is -2.10. The zero-order valence-electron chi connectivity index (χ0n) is 15.9. The molecule has 0 saturated carbocycles. The molecule has 3 heterocycles. The number of aryl methyl sites for hydroxylation is 1. The lowest BCUT2D eigenvalue weighted by molar-refractivity contribution is 0.0999. The van der Waals surface area contributed by atoms with Crippen LogP contribution in [0.1, 0.15) is 32.6 Å². The van der Waals surface area contributed by atoms with E-state index in [1.165, 1.54) is 0 Å². The average molecular weight is 389 g/mol. The van der Waals surface area contributed by atoms with E-state index in [0.29, 0.717) is 29.9 Å². The van der Waals surface area contributed by atoms with Crippen molar-refractivity contribution in [3.8, 4) is 0 Å². The van der Waals surface area contributed by atoms with E-state index in [-0.39, 0.29) is 0 Å². The summed E-state index contributed by atoms with van der Waals surface area (Å²) >= 11 is 0. The number of primary amides is 1. The molecule has 4 rings (SSSR count). The number of fused-ring (bicyclic) bond motifs is 1. The molecule has 4 aromatic rings. The largest absolute Gasteiger partial charge is 0.366 e. The van der Waals surface area contributed by atoms with Gasteiger partial charge >= 0.3 is 0 Å². The Morgan fingerprint density at radius 1 is 1.17 bits per heavy atom. The van der Waals surface area contributed by atoms with Gasteiger partial charge in [-0.15, -0.1) is 0 Å². The quantitative estimate of drug-likeness (QED) is 0.438. The Morgan fingerprint density at radius 2 is 2.00 bits per heavy atom. The Kier molecular flexibility index (Phi) is 4.95. The molecule has 3 aromatic heterocycles. The van der Waals surface area contributed by atoms with Gasteiger partial charge in [0.2, 0.25) is 11.9 Å². The van der Waals surface area contributed by atoms with E-state index in [1.807, 2.05) is 25.3 Å². The number of anilines is 1. The molecular formula is C22H20FN5O. The maximum absolute atomic E-state index is 14.6. The summed E-state index contributed by atoms with van der Waals surface area (Å²) in [6.07, 6.45) is 4.06. The van der Waals surface area contributed by atoms with Crippen LogP contribution in [0.4, 0.5) is 10.2 Å². The number of pyridine rings is 2. The van der Waals surface area contributed by atoms with E-state index >= 15 is 0 Å². The third-order valence-electron chi connectivity index (χ3n) is 4.80. The third-order valence-corrected chi connectivity index (χ3v) is 4.80. The van der Waals surface area contributed by atoms with Crippen LogP contribution in [0.5, 0.6) is 0 Å². The lowest BCUT2D eigenvalue weighted by Crippen LogP contribution is -2.15. The van der Waals surface area contributed by atoms with Crippen LogP contribution in [0.2, 0.25) is 0 Å². The summed E-state index contributed by atoms with van der Waals surface area (Å²) in [6.45, 7) is 2.29. The minimum absolute atomic E-state index is 0.318. The summed E-state index contributed by atoms with van der Waals surface area (Å²) < 4.78 is 14.6. The maximum atomic E-state index is 14.6. The zero-order chi connectivity index (χ0) is 20.4. The maximum Gasteiger partial charge on any atom is 0.249 e. The first-order valence-corrected chi connectivity index (χ1v) is 9.21. The van der Waals surface area contributed by atoms with Gasteiger partial charge in [-0.25, -0.2) is 9.97 Å². The standard InChI is InChI=1S/C22H20FN5O/c1-13-8-18-16(12-27-22(18)26-10-13)9-14-6-7-19(28-20(14)23)25-11-15-4-2-3-5-17(15)21(24)29/h2-8,10,12H,9,11H2,1H3,(H2,24,29)(H,25,28)(H,26,27). The Bertz CT molecular complexity index is 1200. The van der Waals surface area contributed by atoms with E-state index < -0.39 is 11.9 Å². The number of carbonyl (C=O) groups is 1. The SMILES string of the molecule is Cc1cnc2[nH]cc(Cc3ccc(NCc4ccccc4C(N)=O)nc3F)c2c1. The fourth-order valence-electron chi connectivity index (χ4n) is 3.31. The number of halogens is 1.